The highest BCUT2D eigenvalue weighted by molar-refractivity contribution is 7.99. The lowest BCUT2D eigenvalue weighted by molar-refractivity contribution is -0.133. The molecule has 0 aromatic rings. The Labute approximate surface area is 109 Å². The number of hydrogen-bond acceptors (Lipinski definition) is 3. The lowest BCUT2D eigenvalue weighted by Gasteiger charge is -2.30. The van der Waals surface area contributed by atoms with E-state index in [2.05, 4.69) is 24.1 Å². The van der Waals surface area contributed by atoms with Crippen molar-refractivity contribution in [3.05, 3.63) is 0 Å². The highest BCUT2D eigenvalue weighted by Crippen LogP contribution is 2.25. The number of amides is 1. The minimum atomic E-state index is 0.362. The standard InChI is InChI=1S/C13H24N2OS/c1-10(2)12-4-3-6-15(12)13(16)8-11-9-17-7-5-14-11/h10-12,14H,3-9H2,1-2H3. The Morgan fingerprint density at radius 1 is 1.53 bits per heavy atom. The molecule has 2 unspecified atom stereocenters. The van der Waals surface area contributed by atoms with Crippen molar-refractivity contribution in [3.8, 4) is 0 Å². The van der Waals surface area contributed by atoms with Gasteiger partial charge >= 0.3 is 0 Å². The van der Waals surface area contributed by atoms with Crippen LogP contribution in [0.3, 0.4) is 0 Å². The van der Waals surface area contributed by atoms with Gasteiger partial charge in [-0.15, -0.1) is 0 Å². The van der Waals surface area contributed by atoms with Crippen LogP contribution in [0.1, 0.15) is 33.1 Å². The maximum atomic E-state index is 12.3. The van der Waals surface area contributed by atoms with Crippen molar-refractivity contribution in [2.24, 2.45) is 5.92 Å². The molecule has 2 heterocycles. The molecule has 4 heteroatoms. The molecule has 1 amide bonds. The molecule has 2 aliphatic heterocycles. The summed E-state index contributed by atoms with van der Waals surface area (Å²) in [7, 11) is 0. The molecule has 2 aliphatic rings. The van der Waals surface area contributed by atoms with Gasteiger partial charge in [-0.2, -0.15) is 11.8 Å². The largest absolute Gasteiger partial charge is 0.339 e. The van der Waals surface area contributed by atoms with E-state index < -0.39 is 0 Å². The van der Waals surface area contributed by atoms with Gasteiger partial charge in [-0.25, -0.2) is 0 Å². The van der Waals surface area contributed by atoms with Crippen LogP contribution in [0.2, 0.25) is 0 Å². The van der Waals surface area contributed by atoms with E-state index in [0.717, 1.165) is 18.8 Å². The number of likely N-dealkylation sites (tertiary alicyclic amines) is 1. The second-order valence-corrected chi connectivity index (χ2v) is 6.62. The fourth-order valence-electron chi connectivity index (χ4n) is 2.87. The molecule has 98 valence electrons. The molecule has 0 spiro atoms. The number of carbonyl (C=O) groups is 1. The molecule has 0 aliphatic carbocycles. The third kappa shape index (κ3) is 3.38. The average Bonchev–Trinajstić information content (AvgIpc) is 2.79. The van der Waals surface area contributed by atoms with Crippen LogP contribution in [-0.2, 0) is 4.79 Å². The maximum Gasteiger partial charge on any atom is 0.224 e. The maximum absolute atomic E-state index is 12.3. The Kier molecular flexibility index (Phi) is 4.74. The first-order chi connectivity index (χ1) is 8.18. The molecule has 2 fully saturated rings. The normalized spacial score (nSPS) is 29.9. The molecule has 0 aromatic heterocycles. The Bertz CT molecular complexity index is 264. The smallest absolute Gasteiger partial charge is 0.224 e. The zero-order valence-corrected chi connectivity index (χ0v) is 11.8. The first-order valence-electron chi connectivity index (χ1n) is 6.79. The van der Waals surface area contributed by atoms with E-state index in [1.54, 1.807) is 0 Å². The zero-order chi connectivity index (χ0) is 12.3. The quantitative estimate of drug-likeness (QED) is 0.834. The molecule has 0 radical (unpaired) electrons. The van der Waals surface area contributed by atoms with Gasteiger partial charge in [0.1, 0.15) is 0 Å². The van der Waals surface area contributed by atoms with Gasteiger partial charge in [0.05, 0.1) is 0 Å². The van der Waals surface area contributed by atoms with Crippen molar-refractivity contribution in [3.63, 3.8) is 0 Å². The molecule has 3 nitrogen and oxygen atoms in total. The van der Waals surface area contributed by atoms with Crippen LogP contribution < -0.4 is 5.32 Å². The highest BCUT2D eigenvalue weighted by Gasteiger charge is 2.31. The van der Waals surface area contributed by atoms with Crippen LogP contribution in [0, 0.1) is 5.92 Å². The van der Waals surface area contributed by atoms with E-state index in [0.29, 0.717) is 30.3 Å². The minimum Gasteiger partial charge on any atom is -0.339 e. The Balaban J connectivity index is 1.86. The lowest BCUT2D eigenvalue weighted by Crippen LogP contribution is -2.45. The fourth-order valence-corrected chi connectivity index (χ4v) is 3.82. The van der Waals surface area contributed by atoms with Crippen molar-refractivity contribution in [2.45, 2.75) is 45.2 Å². The number of nitrogens with one attached hydrogen (secondary N) is 1. The molecule has 0 saturated carbocycles. The summed E-state index contributed by atoms with van der Waals surface area (Å²) in [5, 5.41) is 3.45. The molecule has 2 saturated heterocycles. The first-order valence-corrected chi connectivity index (χ1v) is 7.94. The van der Waals surface area contributed by atoms with Gasteiger partial charge < -0.3 is 10.2 Å². The Morgan fingerprint density at radius 2 is 2.35 bits per heavy atom. The van der Waals surface area contributed by atoms with Gasteiger partial charge in [-0.1, -0.05) is 13.8 Å². The van der Waals surface area contributed by atoms with Crippen LogP contribution in [0.15, 0.2) is 0 Å². The van der Waals surface area contributed by atoms with E-state index in [1.165, 1.54) is 18.6 Å². The predicted octanol–water partition coefficient (Wildman–Crippen LogP) is 1.73. The number of thioether (sulfide) groups is 1. The number of hydrogen-bond donors (Lipinski definition) is 1. The second kappa shape index (κ2) is 6.10. The second-order valence-electron chi connectivity index (χ2n) is 5.47. The molecule has 2 atom stereocenters. The van der Waals surface area contributed by atoms with Crippen molar-refractivity contribution >= 4 is 17.7 Å². The summed E-state index contributed by atoms with van der Waals surface area (Å²) in [4.78, 5) is 14.4. The summed E-state index contributed by atoms with van der Waals surface area (Å²) in [6.45, 7) is 6.48. The Hall–Kier alpha value is -0.220. The predicted molar refractivity (Wildman–Crippen MR) is 73.3 cm³/mol. The fraction of sp³-hybridized carbons (Fsp3) is 0.923. The molecule has 0 bridgehead atoms. The SMILES string of the molecule is CC(C)C1CCCN1C(=O)CC1CSCCN1. The summed E-state index contributed by atoms with van der Waals surface area (Å²) in [5.74, 6) is 3.23. The number of rotatable bonds is 3. The zero-order valence-electron chi connectivity index (χ0n) is 10.9. The van der Waals surface area contributed by atoms with Crippen molar-refractivity contribution in [1.82, 2.24) is 10.2 Å². The number of carbonyl (C=O) groups excluding carboxylic acids is 1. The summed E-state index contributed by atoms with van der Waals surface area (Å²) < 4.78 is 0. The van der Waals surface area contributed by atoms with Gasteiger partial charge in [0, 0.05) is 43.1 Å². The summed E-state index contributed by atoms with van der Waals surface area (Å²) >= 11 is 1.96. The number of nitrogens with zero attached hydrogens (tertiary/aromatic N) is 1. The Morgan fingerprint density at radius 3 is 3.00 bits per heavy atom. The summed E-state index contributed by atoms with van der Waals surface area (Å²) in [6.07, 6.45) is 3.06. The lowest BCUT2D eigenvalue weighted by atomic mass is 10.0. The van der Waals surface area contributed by atoms with E-state index >= 15 is 0 Å². The van der Waals surface area contributed by atoms with Gasteiger partial charge in [0.2, 0.25) is 5.91 Å². The van der Waals surface area contributed by atoms with E-state index in [1.807, 2.05) is 11.8 Å². The van der Waals surface area contributed by atoms with Gasteiger partial charge in [-0.05, 0) is 18.8 Å². The summed E-state index contributed by atoms with van der Waals surface area (Å²) in [5.41, 5.74) is 0. The molecule has 0 aromatic carbocycles. The van der Waals surface area contributed by atoms with Crippen molar-refractivity contribution in [1.29, 1.82) is 0 Å². The van der Waals surface area contributed by atoms with Gasteiger partial charge in [-0.3, -0.25) is 4.79 Å². The van der Waals surface area contributed by atoms with Crippen LogP contribution in [-0.4, -0.2) is 47.5 Å². The summed E-state index contributed by atoms with van der Waals surface area (Å²) in [6, 6.07) is 0.883. The topological polar surface area (TPSA) is 32.3 Å². The monoisotopic (exact) mass is 256 g/mol. The molecular formula is C13H24N2OS. The van der Waals surface area contributed by atoms with E-state index in [-0.39, 0.29) is 0 Å². The van der Waals surface area contributed by atoms with Crippen LogP contribution in [0.25, 0.3) is 0 Å². The van der Waals surface area contributed by atoms with Crippen LogP contribution in [0.5, 0.6) is 0 Å². The van der Waals surface area contributed by atoms with Crippen molar-refractivity contribution in [2.75, 3.05) is 24.6 Å². The highest BCUT2D eigenvalue weighted by atomic mass is 32.2. The average molecular weight is 256 g/mol. The minimum absolute atomic E-state index is 0.362. The molecular weight excluding hydrogens is 232 g/mol. The van der Waals surface area contributed by atoms with E-state index in [4.69, 9.17) is 0 Å². The third-order valence-corrected chi connectivity index (χ3v) is 4.94. The van der Waals surface area contributed by atoms with Gasteiger partial charge in [0.25, 0.3) is 0 Å². The first kappa shape index (κ1) is 13.2. The van der Waals surface area contributed by atoms with E-state index in [9.17, 15) is 4.79 Å². The molecule has 17 heavy (non-hydrogen) atoms. The van der Waals surface area contributed by atoms with Crippen molar-refractivity contribution < 1.29 is 4.79 Å². The van der Waals surface area contributed by atoms with Crippen LogP contribution >= 0.6 is 11.8 Å². The third-order valence-electron chi connectivity index (χ3n) is 3.81. The molecule has 1 N–H and O–H groups in total. The van der Waals surface area contributed by atoms with Crippen LogP contribution in [0.4, 0.5) is 0 Å². The van der Waals surface area contributed by atoms with Gasteiger partial charge in [0.15, 0.2) is 0 Å². The molecule has 2 rings (SSSR count).